The van der Waals surface area contributed by atoms with Crippen LogP contribution in [0.3, 0.4) is 0 Å². The molecule has 0 aliphatic rings. The number of amides is 1. The van der Waals surface area contributed by atoms with Crippen LogP contribution in [-0.4, -0.2) is 24.6 Å². The smallest absolute Gasteiger partial charge is 0.338 e. The maximum atomic E-state index is 12.9. The zero-order chi connectivity index (χ0) is 18.4. The summed E-state index contributed by atoms with van der Waals surface area (Å²) in [4.78, 5) is 24.1. The monoisotopic (exact) mass is 345 g/mol. The molecule has 0 aliphatic carbocycles. The van der Waals surface area contributed by atoms with Crippen LogP contribution in [0.5, 0.6) is 5.75 Å². The quantitative estimate of drug-likeness (QED) is 0.811. The Kier molecular flexibility index (Phi) is 6.11. The molecule has 132 valence electrons. The van der Waals surface area contributed by atoms with E-state index in [4.69, 9.17) is 9.47 Å². The van der Waals surface area contributed by atoms with Gasteiger partial charge in [-0.15, -0.1) is 0 Å². The highest BCUT2D eigenvalue weighted by molar-refractivity contribution is 5.97. The number of nitrogens with one attached hydrogen (secondary N) is 1. The number of ether oxygens (including phenoxy) is 2. The van der Waals surface area contributed by atoms with E-state index in [-0.39, 0.29) is 18.3 Å². The number of halogens is 1. The number of benzene rings is 2. The van der Waals surface area contributed by atoms with Crippen molar-refractivity contribution in [2.24, 2.45) is 0 Å². The summed E-state index contributed by atoms with van der Waals surface area (Å²) in [6.45, 7) is 5.40. The number of aryl methyl sites for hydroxylation is 1. The number of carbonyl (C=O) groups is 2. The van der Waals surface area contributed by atoms with E-state index in [0.29, 0.717) is 17.0 Å². The molecule has 6 heteroatoms. The number of hydrogen-bond acceptors (Lipinski definition) is 4. The molecule has 2 rings (SSSR count). The van der Waals surface area contributed by atoms with Gasteiger partial charge in [0.25, 0.3) is 5.91 Å². The summed E-state index contributed by atoms with van der Waals surface area (Å²) in [5.41, 5.74) is 1.66. The van der Waals surface area contributed by atoms with E-state index in [0.717, 1.165) is 5.56 Å². The van der Waals surface area contributed by atoms with E-state index in [2.05, 4.69) is 5.32 Å². The van der Waals surface area contributed by atoms with Crippen molar-refractivity contribution < 1.29 is 23.5 Å². The van der Waals surface area contributed by atoms with Crippen molar-refractivity contribution in [1.82, 2.24) is 0 Å². The van der Waals surface area contributed by atoms with Gasteiger partial charge in [-0.25, -0.2) is 9.18 Å². The summed E-state index contributed by atoms with van der Waals surface area (Å²) in [5, 5.41) is 2.73. The van der Waals surface area contributed by atoms with Gasteiger partial charge in [-0.1, -0.05) is 6.07 Å². The Bertz CT molecular complexity index is 759. The third kappa shape index (κ3) is 5.04. The summed E-state index contributed by atoms with van der Waals surface area (Å²) in [6, 6.07) is 10.3. The molecule has 2 aromatic carbocycles. The number of anilines is 1. The first-order chi connectivity index (χ1) is 11.9. The fourth-order valence-electron chi connectivity index (χ4n) is 2.10. The van der Waals surface area contributed by atoms with Gasteiger partial charge in [0.15, 0.2) is 6.10 Å². The molecule has 1 atom stereocenters. The zero-order valence-electron chi connectivity index (χ0n) is 14.3. The Labute approximate surface area is 145 Å². The summed E-state index contributed by atoms with van der Waals surface area (Å²) in [7, 11) is 0. The van der Waals surface area contributed by atoms with Gasteiger partial charge in [0, 0.05) is 5.69 Å². The topological polar surface area (TPSA) is 64.6 Å². The van der Waals surface area contributed by atoms with E-state index < -0.39 is 12.1 Å². The average Bonchev–Trinajstić information content (AvgIpc) is 2.59. The van der Waals surface area contributed by atoms with Crippen LogP contribution in [0, 0.1) is 12.7 Å². The summed E-state index contributed by atoms with van der Waals surface area (Å²) >= 11 is 0. The predicted octanol–water partition coefficient (Wildman–Crippen LogP) is 3.72. The lowest BCUT2D eigenvalue weighted by molar-refractivity contribution is -0.122. The van der Waals surface area contributed by atoms with Gasteiger partial charge in [-0.2, -0.15) is 0 Å². The largest absolute Gasteiger partial charge is 0.481 e. The molecule has 2 aromatic rings. The lowest BCUT2D eigenvalue weighted by atomic mass is 10.1. The van der Waals surface area contributed by atoms with Crippen LogP contribution in [0.25, 0.3) is 0 Å². The molecular weight excluding hydrogens is 325 g/mol. The molecule has 0 unspecified atom stereocenters. The number of carbonyl (C=O) groups excluding carboxylic acids is 2. The van der Waals surface area contributed by atoms with Crippen molar-refractivity contribution in [3.63, 3.8) is 0 Å². The van der Waals surface area contributed by atoms with E-state index in [1.165, 1.54) is 24.3 Å². The van der Waals surface area contributed by atoms with Gasteiger partial charge in [0.05, 0.1) is 12.2 Å². The van der Waals surface area contributed by atoms with Crippen LogP contribution in [-0.2, 0) is 9.53 Å². The maximum Gasteiger partial charge on any atom is 0.338 e. The molecule has 1 amide bonds. The summed E-state index contributed by atoms with van der Waals surface area (Å²) in [6.07, 6.45) is -0.795. The second kappa shape index (κ2) is 8.28. The molecule has 5 nitrogen and oxygen atoms in total. The molecule has 0 saturated heterocycles. The number of hydrogen-bond donors (Lipinski definition) is 1. The van der Waals surface area contributed by atoms with Crippen molar-refractivity contribution in [2.75, 3.05) is 11.9 Å². The third-order valence-corrected chi connectivity index (χ3v) is 3.50. The molecule has 0 heterocycles. The number of rotatable bonds is 6. The molecule has 0 aliphatic heterocycles. The van der Waals surface area contributed by atoms with Gasteiger partial charge in [0.2, 0.25) is 0 Å². The Morgan fingerprint density at radius 3 is 2.48 bits per heavy atom. The lowest BCUT2D eigenvalue weighted by Gasteiger charge is -2.16. The minimum absolute atomic E-state index is 0.275. The van der Waals surface area contributed by atoms with E-state index in [1.54, 1.807) is 32.0 Å². The van der Waals surface area contributed by atoms with Crippen molar-refractivity contribution in [3.05, 3.63) is 59.4 Å². The SMILES string of the molecule is CCOC(=O)c1ccc(C)c(NC(=O)[C@@H](C)Oc2ccc(F)cc2)c1. The van der Waals surface area contributed by atoms with Crippen LogP contribution in [0.2, 0.25) is 0 Å². The van der Waals surface area contributed by atoms with Gasteiger partial charge < -0.3 is 14.8 Å². The Morgan fingerprint density at radius 2 is 1.84 bits per heavy atom. The first-order valence-corrected chi connectivity index (χ1v) is 7.91. The Morgan fingerprint density at radius 1 is 1.16 bits per heavy atom. The fraction of sp³-hybridized carbons (Fsp3) is 0.263. The fourth-order valence-corrected chi connectivity index (χ4v) is 2.10. The molecule has 0 spiro atoms. The third-order valence-electron chi connectivity index (χ3n) is 3.50. The number of esters is 1. The highest BCUT2D eigenvalue weighted by atomic mass is 19.1. The summed E-state index contributed by atoms with van der Waals surface area (Å²) < 4.78 is 23.3. The molecule has 1 N–H and O–H groups in total. The first kappa shape index (κ1) is 18.4. The predicted molar refractivity (Wildman–Crippen MR) is 92.3 cm³/mol. The average molecular weight is 345 g/mol. The maximum absolute atomic E-state index is 12.9. The van der Waals surface area contributed by atoms with Crippen LogP contribution >= 0.6 is 0 Å². The molecule has 0 bridgehead atoms. The molecule has 25 heavy (non-hydrogen) atoms. The highest BCUT2D eigenvalue weighted by Crippen LogP contribution is 2.19. The molecule has 0 aromatic heterocycles. The van der Waals surface area contributed by atoms with Crippen molar-refractivity contribution in [2.45, 2.75) is 26.9 Å². The van der Waals surface area contributed by atoms with Crippen LogP contribution in [0.4, 0.5) is 10.1 Å². The van der Waals surface area contributed by atoms with Gasteiger partial charge in [-0.3, -0.25) is 4.79 Å². The molecule has 0 fully saturated rings. The summed E-state index contributed by atoms with van der Waals surface area (Å²) in [5.74, 6) is -0.820. The van der Waals surface area contributed by atoms with Gasteiger partial charge in [-0.05, 0) is 62.7 Å². The zero-order valence-corrected chi connectivity index (χ0v) is 14.3. The Hall–Kier alpha value is -2.89. The standard InChI is InChI=1S/C19H20FNO4/c1-4-24-19(23)14-6-5-12(2)17(11-14)21-18(22)13(3)25-16-9-7-15(20)8-10-16/h5-11,13H,4H2,1-3H3,(H,21,22)/t13-/m1/s1. The van der Waals surface area contributed by atoms with Crippen LogP contribution in [0.1, 0.15) is 29.8 Å². The molecule has 0 saturated carbocycles. The minimum Gasteiger partial charge on any atom is -0.481 e. The second-order valence-electron chi connectivity index (χ2n) is 5.45. The first-order valence-electron chi connectivity index (χ1n) is 7.91. The Balaban J connectivity index is 2.07. The van der Waals surface area contributed by atoms with Crippen molar-refractivity contribution in [3.8, 4) is 5.75 Å². The van der Waals surface area contributed by atoms with Crippen molar-refractivity contribution in [1.29, 1.82) is 0 Å². The second-order valence-corrected chi connectivity index (χ2v) is 5.45. The van der Waals surface area contributed by atoms with Crippen LogP contribution < -0.4 is 10.1 Å². The normalized spacial score (nSPS) is 11.5. The molecule has 0 radical (unpaired) electrons. The van der Waals surface area contributed by atoms with Crippen molar-refractivity contribution >= 4 is 17.6 Å². The highest BCUT2D eigenvalue weighted by Gasteiger charge is 2.17. The van der Waals surface area contributed by atoms with Gasteiger partial charge in [0.1, 0.15) is 11.6 Å². The van der Waals surface area contributed by atoms with E-state index in [1.807, 2.05) is 6.92 Å². The van der Waals surface area contributed by atoms with E-state index >= 15 is 0 Å². The van der Waals surface area contributed by atoms with E-state index in [9.17, 15) is 14.0 Å². The van der Waals surface area contributed by atoms with Crippen LogP contribution in [0.15, 0.2) is 42.5 Å². The minimum atomic E-state index is -0.795. The lowest BCUT2D eigenvalue weighted by Crippen LogP contribution is -2.30. The van der Waals surface area contributed by atoms with Gasteiger partial charge >= 0.3 is 5.97 Å². The molecular formula is C19H20FNO4.